The Bertz CT molecular complexity index is 1140. The number of ether oxygens (including phenoxy) is 2. The monoisotopic (exact) mass is 499 g/mol. The first-order valence-electron chi connectivity index (χ1n) is 13.3. The van der Waals surface area contributed by atoms with Crippen molar-refractivity contribution in [1.82, 2.24) is 5.32 Å². The van der Waals surface area contributed by atoms with Crippen molar-refractivity contribution in [3.05, 3.63) is 101 Å². The lowest BCUT2D eigenvalue weighted by Crippen LogP contribution is -2.43. The van der Waals surface area contributed by atoms with Gasteiger partial charge in [0.05, 0.1) is 13.7 Å². The summed E-state index contributed by atoms with van der Waals surface area (Å²) in [7, 11) is 1.34. The summed E-state index contributed by atoms with van der Waals surface area (Å²) < 4.78 is 11.0. The maximum absolute atomic E-state index is 13.2. The Morgan fingerprint density at radius 3 is 2.27 bits per heavy atom. The van der Waals surface area contributed by atoms with Gasteiger partial charge in [-0.1, -0.05) is 79.9 Å². The number of hydrogen-bond acceptors (Lipinski definition) is 4. The molecule has 0 aromatic heterocycles. The molecule has 194 valence electrons. The summed E-state index contributed by atoms with van der Waals surface area (Å²) >= 11 is 0. The molecule has 0 spiro atoms. The van der Waals surface area contributed by atoms with Crippen molar-refractivity contribution in [2.24, 2.45) is 5.92 Å². The fraction of sp³-hybridized carbons (Fsp3) is 0.375. The van der Waals surface area contributed by atoms with E-state index in [4.69, 9.17) is 9.47 Å². The molecule has 0 bridgehead atoms. The summed E-state index contributed by atoms with van der Waals surface area (Å²) in [6.45, 7) is 0.754. The van der Waals surface area contributed by atoms with Gasteiger partial charge in [0.15, 0.2) is 0 Å². The average Bonchev–Trinajstić information content (AvgIpc) is 2.96. The van der Waals surface area contributed by atoms with Crippen LogP contribution in [0.1, 0.15) is 59.2 Å². The number of esters is 1. The maximum Gasteiger partial charge on any atom is 0.328 e. The average molecular weight is 500 g/mol. The van der Waals surface area contributed by atoms with Crippen LogP contribution in [0.15, 0.2) is 78.9 Å². The molecule has 1 fully saturated rings. The number of benzene rings is 3. The van der Waals surface area contributed by atoms with Crippen LogP contribution in [0, 0.1) is 5.92 Å². The third-order valence-corrected chi connectivity index (χ3v) is 7.15. The first-order chi connectivity index (χ1) is 18.1. The van der Waals surface area contributed by atoms with Crippen molar-refractivity contribution in [1.29, 1.82) is 0 Å². The van der Waals surface area contributed by atoms with E-state index < -0.39 is 12.0 Å². The van der Waals surface area contributed by atoms with E-state index in [1.54, 1.807) is 0 Å². The Morgan fingerprint density at radius 1 is 0.838 bits per heavy atom. The van der Waals surface area contributed by atoms with E-state index in [-0.39, 0.29) is 5.91 Å². The minimum absolute atomic E-state index is 0.272. The molecule has 1 saturated carbocycles. The van der Waals surface area contributed by atoms with E-state index in [0.717, 1.165) is 36.3 Å². The van der Waals surface area contributed by atoms with E-state index in [1.165, 1.54) is 44.8 Å². The van der Waals surface area contributed by atoms with Crippen molar-refractivity contribution < 1.29 is 19.1 Å². The third-order valence-electron chi connectivity index (χ3n) is 7.15. The molecule has 1 aliphatic rings. The fourth-order valence-corrected chi connectivity index (χ4v) is 4.98. The second-order valence-electron chi connectivity index (χ2n) is 9.86. The number of aryl methyl sites for hydroxylation is 2. The van der Waals surface area contributed by atoms with Crippen LogP contribution < -0.4 is 10.1 Å². The standard InChI is InChI=1S/C32H37NO4/c1-36-32(35)30(22-25-17-20-28(21-18-25)37-23-26-12-6-3-7-13-26)33-31(34)29-15-9-8-14-27(29)19-16-24-10-4-2-5-11-24/h2,4-5,8-11,14-15,17-18,20-21,26,30H,3,6-7,12-13,16,19,22-23H2,1H3,(H,33,34). The quantitative estimate of drug-likeness (QED) is 0.331. The summed E-state index contributed by atoms with van der Waals surface area (Å²) in [5.74, 6) is 0.738. The molecular weight excluding hydrogens is 462 g/mol. The lowest BCUT2D eigenvalue weighted by atomic mass is 9.90. The fourth-order valence-electron chi connectivity index (χ4n) is 4.98. The predicted octanol–water partition coefficient (Wildman–Crippen LogP) is 5.95. The van der Waals surface area contributed by atoms with E-state index in [1.807, 2.05) is 66.7 Å². The zero-order valence-corrected chi connectivity index (χ0v) is 21.7. The number of carbonyl (C=O) groups is 2. The minimum Gasteiger partial charge on any atom is -0.493 e. The second kappa shape index (κ2) is 13.6. The molecule has 0 aliphatic heterocycles. The maximum atomic E-state index is 13.2. The zero-order valence-electron chi connectivity index (χ0n) is 21.7. The van der Waals surface area contributed by atoms with Gasteiger partial charge >= 0.3 is 5.97 Å². The molecule has 1 N–H and O–H groups in total. The number of amides is 1. The molecule has 3 aromatic rings. The molecule has 5 nitrogen and oxygen atoms in total. The van der Waals surface area contributed by atoms with Crippen molar-refractivity contribution in [3.8, 4) is 5.75 Å². The molecule has 1 amide bonds. The Kier molecular flexibility index (Phi) is 9.75. The third kappa shape index (κ3) is 7.94. The highest BCUT2D eigenvalue weighted by Crippen LogP contribution is 2.25. The van der Waals surface area contributed by atoms with Gasteiger partial charge in [-0.15, -0.1) is 0 Å². The Morgan fingerprint density at radius 2 is 1.54 bits per heavy atom. The summed E-state index contributed by atoms with van der Waals surface area (Å²) in [5, 5.41) is 2.91. The summed E-state index contributed by atoms with van der Waals surface area (Å²) in [4.78, 5) is 25.8. The van der Waals surface area contributed by atoms with Gasteiger partial charge in [0.25, 0.3) is 5.91 Å². The number of hydrogen-bond donors (Lipinski definition) is 1. The second-order valence-corrected chi connectivity index (χ2v) is 9.86. The minimum atomic E-state index is -0.784. The lowest BCUT2D eigenvalue weighted by molar-refractivity contribution is -0.142. The molecule has 37 heavy (non-hydrogen) atoms. The molecular formula is C32H37NO4. The molecule has 0 radical (unpaired) electrons. The Balaban J connectivity index is 1.37. The topological polar surface area (TPSA) is 64.6 Å². The van der Waals surface area contributed by atoms with Gasteiger partial charge in [0.1, 0.15) is 11.8 Å². The lowest BCUT2D eigenvalue weighted by Gasteiger charge is -2.21. The van der Waals surface area contributed by atoms with Gasteiger partial charge in [-0.05, 0) is 66.5 Å². The van der Waals surface area contributed by atoms with Crippen LogP contribution in [-0.2, 0) is 28.8 Å². The van der Waals surface area contributed by atoms with Crippen molar-refractivity contribution in [2.45, 2.75) is 57.4 Å². The molecule has 1 unspecified atom stereocenters. The van der Waals surface area contributed by atoms with Crippen LogP contribution in [0.5, 0.6) is 5.75 Å². The highest BCUT2D eigenvalue weighted by atomic mass is 16.5. The number of nitrogens with one attached hydrogen (secondary N) is 1. The highest BCUT2D eigenvalue weighted by molar-refractivity contribution is 5.98. The predicted molar refractivity (Wildman–Crippen MR) is 146 cm³/mol. The van der Waals surface area contributed by atoms with E-state index >= 15 is 0 Å². The molecule has 0 heterocycles. The smallest absolute Gasteiger partial charge is 0.328 e. The van der Waals surface area contributed by atoms with Crippen LogP contribution in [0.25, 0.3) is 0 Å². The number of methoxy groups -OCH3 is 1. The van der Waals surface area contributed by atoms with E-state index in [9.17, 15) is 9.59 Å². The zero-order chi connectivity index (χ0) is 25.9. The number of carbonyl (C=O) groups excluding carboxylic acids is 2. The Labute approximate surface area is 220 Å². The van der Waals surface area contributed by atoms with Gasteiger partial charge in [0.2, 0.25) is 0 Å². The van der Waals surface area contributed by atoms with Gasteiger partial charge in [0, 0.05) is 12.0 Å². The van der Waals surface area contributed by atoms with Crippen molar-refractivity contribution in [2.75, 3.05) is 13.7 Å². The van der Waals surface area contributed by atoms with E-state index in [0.29, 0.717) is 17.9 Å². The molecule has 5 heteroatoms. The first kappa shape index (κ1) is 26.5. The van der Waals surface area contributed by atoms with Crippen LogP contribution in [-0.4, -0.2) is 31.6 Å². The summed E-state index contributed by atoms with van der Waals surface area (Å²) in [6, 6.07) is 24.8. The normalized spacial score (nSPS) is 14.5. The highest BCUT2D eigenvalue weighted by Gasteiger charge is 2.24. The Hall–Kier alpha value is -3.60. The van der Waals surface area contributed by atoms with E-state index in [2.05, 4.69) is 17.4 Å². The molecule has 1 atom stereocenters. The van der Waals surface area contributed by atoms with Crippen molar-refractivity contribution in [3.63, 3.8) is 0 Å². The SMILES string of the molecule is COC(=O)C(Cc1ccc(OCC2CCCCC2)cc1)NC(=O)c1ccccc1CCc1ccccc1. The number of rotatable bonds is 11. The first-order valence-corrected chi connectivity index (χ1v) is 13.3. The summed E-state index contributed by atoms with van der Waals surface area (Å²) in [6.07, 6.45) is 8.33. The molecule has 3 aromatic carbocycles. The van der Waals surface area contributed by atoms with Crippen LogP contribution in [0.3, 0.4) is 0 Å². The van der Waals surface area contributed by atoms with Gasteiger partial charge in [-0.2, -0.15) is 0 Å². The molecule has 4 rings (SSSR count). The largest absolute Gasteiger partial charge is 0.493 e. The van der Waals surface area contributed by atoms with Gasteiger partial charge in [-0.25, -0.2) is 4.79 Å². The van der Waals surface area contributed by atoms with Crippen LogP contribution >= 0.6 is 0 Å². The van der Waals surface area contributed by atoms with Crippen LogP contribution in [0.4, 0.5) is 0 Å². The van der Waals surface area contributed by atoms with Gasteiger partial charge in [-0.3, -0.25) is 4.79 Å². The molecule has 0 saturated heterocycles. The van der Waals surface area contributed by atoms with Gasteiger partial charge < -0.3 is 14.8 Å². The van der Waals surface area contributed by atoms with Crippen molar-refractivity contribution >= 4 is 11.9 Å². The van der Waals surface area contributed by atoms with Crippen LogP contribution in [0.2, 0.25) is 0 Å². The summed E-state index contributed by atoms with van der Waals surface area (Å²) in [5.41, 5.74) is 3.68. The molecule has 1 aliphatic carbocycles.